The van der Waals surface area contributed by atoms with Crippen molar-refractivity contribution in [1.29, 1.82) is 0 Å². The van der Waals surface area contributed by atoms with E-state index in [0.717, 1.165) is 73.9 Å². The third-order valence-electron chi connectivity index (χ3n) is 11.3. The molecule has 4 rings (SSSR count). The Bertz CT molecular complexity index is 2210. The fourth-order valence-electron chi connectivity index (χ4n) is 7.31. The average molecular weight is 1110 g/mol. The van der Waals surface area contributed by atoms with E-state index in [1.54, 1.807) is 6.92 Å². The molecule has 2 aromatic rings. The minimum atomic E-state index is -5.60. The number of anilines is 1. The number of hydrogen-bond acceptors (Lipinski definition) is 23. The summed E-state index contributed by atoms with van der Waals surface area (Å²) < 4.78 is 73.5. The summed E-state index contributed by atoms with van der Waals surface area (Å²) in [7, 11) is -16.5. The third-order valence-corrected chi connectivity index (χ3v) is 15.3. The van der Waals surface area contributed by atoms with Crippen molar-refractivity contribution in [3.8, 4) is 0 Å². The van der Waals surface area contributed by atoms with Crippen molar-refractivity contribution in [2.24, 2.45) is 5.41 Å². The van der Waals surface area contributed by atoms with Gasteiger partial charge in [0, 0.05) is 50.1 Å². The van der Waals surface area contributed by atoms with Crippen LogP contribution in [0.2, 0.25) is 0 Å². The van der Waals surface area contributed by atoms with E-state index in [-0.39, 0.29) is 66.3 Å². The Morgan fingerprint density at radius 3 is 2.28 bits per heavy atom. The zero-order valence-electron chi connectivity index (χ0n) is 39.9. The van der Waals surface area contributed by atoms with E-state index in [1.165, 1.54) is 13.8 Å². The molecule has 2 aliphatic heterocycles. The van der Waals surface area contributed by atoms with Crippen molar-refractivity contribution in [3.63, 3.8) is 0 Å². The molecule has 33 heteroatoms. The lowest BCUT2D eigenvalue weighted by atomic mass is 9.87. The van der Waals surface area contributed by atoms with Crippen LogP contribution in [0.1, 0.15) is 97.6 Å². The quantitative estimate of drug-likeness (QED) is 0.0349. The van der Waals surface area contributed by atoms with Crippen LogP contribution < -0.4 is 16.4 Å². The Labute approximate surface area is 418 Å². The maximum absolute atomic E-state index is 12.8. The molecule has 4 heterocycles. The predicted molar refractivity (Wildman–Crippen MR) is 252 cm³/mol. The maximum atomic E-state index is 12.8. The number of nitrogens with zero attached hydrogens (tertiary/aromatic N) is 4. The van der Waals surface area contributed by atoms with Gasteiger partial charge in [-0.15, -0.1) is 0 Å². The second kappa shape index (κ2) is 28.5. The van der Waals surface area contributed by atoms with Gasteiger partial charge in [-0.25, -0.2) is 28.6 Å². The third kappa shape index (κ3) is 20.5. The van der Waals surface area contributed by atoms with Gasteiger partial charge in [0.25, 0.3) is 0 Å². The molecule has 2 fully saturated rings. The normalized spacial score (nSPS) is 25.4. The van der Waals surface area contributed by atoms with Crippen LogP contribution in [-0.2, 0) is 60.2 Å². The highest BCUT2D eigenvalue weighted by molar-refractivity contribution is 8.13. The summed E-state index contributed by atoms with van der Waals surface area (Å²) in [6.45, 7) is 2.49. The second-order valence-corrected chi connectivity index (χ2v) is 23.3. The van der Waals surface area contributed by atoms with Crippen LogP contribution >= 0.6 is 35.2 Å². The number of ether oxygens (including phenoxy) is 3. The summed E-state index contributed by atoms with van der Waals surface area (Å²) in [5.41, 5.74) is 4.22. The number of thioether (sulfide) groups is 1. The van der Waals surface area contributed by atoms with Gasteiger partial charge in [0.1, 0.15) is 42.4 Å². The molecular weight excluding hydrogens is 1040 g/mol. The highest BCUT2D eigenvalue weighted by Crippen LogP contribution is 2.61. The van der Waals surface area contributed by atoms with Gasteiger partial charge in [-0.3, -0.25) is 32.5 Å². The first-order valence-corrected chi connectivity index (χ1v) is 28.5. The number of imidazole rings is 1. The number of amides is 2. The van der Waals surface area contributed by atoms with Crippen LogP contribution in [0.4, 0.5) is 5.82 Å². The van der Waals surface area contributed by atoms with E-state index in [1.807, 2.05) is 0 Å². The van der Waals surface area contributed by atoms with Crippen molar-refractivity contribution in [1.82, 2.24) is 30.2 Å². The van der Waals surface area contributed by atoms with Gasteiger partial charge >= 0.3 is 23.5 Å². The molecule has 0 saturated carbocycles. The molecule has 2 amide bonds. The summed E-state index contributed by atoms with van der Waals surface area (Å²) in [5.74, 6) is -1.31. The van der Waals surface area contributed by atoms with Gasteiger partial charge in [0.15, 0.2) is 29.1 Å². The average Bonchev–Trinajstić information content (AvgIpc) is 3.85. The van der Waals surface area contributed by atoms with Gasteiger partial charge in [0.2, 0.25) is 11.8 Å². The minimum absolute atomic E-state index is 0.0206. The number of carbonyl (C=O) groups is 3. The molecule has 12 atom stereocenters. The smallest absolute Gasteiger partial charge is 0.393 e. The predicted octanol–water partition coefficient (Wildman–Crippen LogP) is 0.410. The highest BCUT2D eigenvalue weighted by Gasteiger charge is 2.50. The van der Waals surface area contributed by atoms with E-state index in [0.29, 0.717) is 13.0 Å². The maximum Gasteiger partial charge on any atom is 0.481 e. The molecule has 13 N–H and O–H groups in total. The monoisotopic (exact) mass is 1110 g/mol. The fourth-order valence-corrected chi connectivity index (χ4v) is 10.9. The Balaban J connectivity index is 1.05. The lowest BCUT2D eigenvalue weighted by Gasteiger charge is -2.35. The molecule has 412 valence electrons. The first kappa shape index (κ1) is 61.9. The molecule has 0 spiro atoms. The van der Waals surface area contributed by atoms with E-state index in [4.69, 9.17) is 29.0 Å². The summed E-state index contributed by atoms with van der Waals surface area (Å²) >= 11 is 0.961. The van der Waals surface area contributed by atoms with E-state index in [2.05, 4.69) is 34.4 Å². The Kier molecular flexibility index (Phi) is 24.5. The molecule has 2 aliphatic rings. The molecule has 2 saturated heterocycles. The number of phosphoric acid groups is 3. The Hall–Kier alpha value is -2.64. The van der Waals surface area contributed by atoms with Crippen LogP contribution in [0.5, 0.6) is 0 Å². The number of aliphatic hydroxyl groups excluding tert-OH is 5. The lowest BCUT2D eigenvalue weighted by Crippen LogP contribution is -2.47. The first-order chi connectivity index (χ1) is 33.7. The van der Waals surface area contributed by atoms with Crippen LogP contribution in [-0.4, -0.2) is 175 Å². The number of aliphatic hydroxyl groups is 5. The van der Waals surface area contributed by atoms with Gasteiger partial charge in [0.05, 0.1) is 37.9 Å². The summed E-state index contributed by atoms with van der Waals surface area (Å²) in [4.78, 5) is 88.5. The highest BCUT2D eigenvalue weighted by atomic mass is 32.2. The number of aromatic nitrogens is 4. The van der Waals surface area contributed by atoms with Crippen molar-refractivity contribution in [2.75, 3.05) is 44.4 Å². The molecule has 29 nitrogen and oxygen atoms in total. The molecule has 0 aliphatic carbocycles. The molecule has 0 aromatic carbocycles. The fraction of sp³-hybridized carbons (Fsp3) is 0.795. The number of rotatable bonds is 32. The SMILES string of the molecule is C[C@@H]1O[C@@H](OCCCCCCCCC[C@@H](O)CC(=O)SCCNC(=O)CCNC(=O)[C@H](O)C(C)(C)COP(=O)(O)OP(=O)(O)OC[C@H]2O[C@@H](n3cnc4c(N)ncnc43)[C@H](O)[C@@H]2OP(=O)(O)O)[C@H](O)C[C@H]1O. The van der Waals surface area contributed by atoms with Gasteiger partial charge in [-0.2, -0.15) is 4.31 Å². The van der Waals surface area contributed by atoms with Crippen molar-refractivity contribution in [2.45, 2.75) is 153 Å². The summed E-state index contributed by atoms with van der Waals surface area (Å²) in [5, 5.41) is 56.3. The number of hydrogen-bond donors (Lipinski definition) is 12. The van der Waals surface area contributed by atoms with E-state index < -0.39 is 109 Å². The molecule has 2 aromatic heterocycles. The lowest BCUT2D eigenvalue weighted by molar-refractivity contribution is -0.261. The summed E-state index contributed by atoms with van der Waals surface area (Å²) in [6, 6.07) is 0. The minimum Gasteiger partial charge on any atom is -0.393 e. The van der Waals surface area contributed by atoms with Crippen molar-refractivity contribution < 1.29 is 105 Å². The van der Waals surface area contributed by atoms with Crippen LogP contribution in [0, 0.1) is 5.41 Å². The Morgan fingerprint density at radius 1 is 0.917 bits per heavy atom. The number of fused-ring (bicyclic) bond motifs is 1. The molecular formula is C39H68N7O22P3S. The first-order valence-electron chi connectivity index (χ1n) is 23.0. The molecule has 0 bridgehead atoms. The topological polar surface area (TPSA) is 443 Å². The molecule has 0 radical (unpaired) electrons. The standard InChI is InChI=1S/C39H68N7O22P3S/c1-23-25(48)18-26(49)38(65-23)62-15-10-8-6-4-5-7-9-11-24(47)17-29(51)72-16-14-41-28(50)12-13-42-36(54)33(53)39(2,3)20-64-71(60,61)68-70(58,59)63-19-27-32(67-69(55,56)57)31(52)37(66-27)46-22-45-30-34(40)43-21-44-35(30)46/h21-27,31-33,37-38,47-49,52-53H,4-20H2,1-3H3,(H,41,50)(H,42,54)(H,58,59)(H,60,61)(H2,40,43,44)(H2,55,56,57)/t23-,24+,25+,26+,27+,31+,32+,33-,37+,38+/m0/s1. The van der Waals surface area contributed by atoms with Crippen LogP contribution in [0.3, 0.4) is 0 Å². The number of nitrogens with one attached hydrogen (secondary N) is 2. The van der Waals surface area contributed by atoms with E-state index >= 15 is 0 Å². The van der Waals surface area contributed by atoms with Crippen LogP contribution in [0.25, 0.3) is 11.2 Å². The number of nitrogen functional groups attached to an aromatic ring is 1. The number of unbranched alkanes of at least 4 members (excludes halogenated alkanes) is 6. The van der Waals surface area contributed by atoms with Gasteiger partial charge < -0.3 is 75.7 Å². The van der Waals surface area contributed by atoms with Crippen LogP contribution in [0.15, 0.2) is 12.7 Å². The molecule has 2 unspecified atom stereocenters. The zero-order valence-corrected chi connectivity index (χ0v) is 43.4. The van der Waals surface area contributed by atoms with Crippen molar-refractivity contribution >= 4 is 69.1 Å². The molecule has 72 heavy (non-hydrogen) atoms. The van der Waals surface area contributed by atoms with E-state index in [9.17, 15) is 73.2 Å². The Morgan fingerprint density at radius 2 is 1.58 bits per heavy atom. The number of nitrogens with two attached hydrogens (primary N) is 1. The second-order valence-electron chi connectivity index (χ2n) is 17.9. The van der Waals surface area contributed by atoms with Crippen molar-refractivity contribution in [3.05, 3.63) is 12.7 Å². The number of carbonyl (C=O) groups excluding carboxylic acids is 3. The zero-order chi connectivity index (χ0) is 53.4. The van der Waals surface area contributed by atoms with Gasteiger partial charge in [-0.1, -0.05) is 64.1 Å². The number of phosphoric ester groups is 3. The van der Waals surface area contributed by atoms with Gasteiger partial charge in [-0.05, 0) is 19.8 Å². The largest absolute Gasteiger partial charge is 0.481 e. The summed E-state index contributed by atoms with van der Waals surface area (Å²) in [6.07, 6.45) is -3.37.